The van der Waals surface area contributed by atoms with Gasteiger partial charge in [0.05, 0.1) is 5.69 Å². The molecule has 0 fully saturated rings. The van der Waals surface area contributed by atoms with Gasteiger partial charge in [0.1, 0.15) is 12.0 Å². The van der Waals surface area contributed by atoms with Gasteiger partial charge in [-0.1, -0.05) is 38.1 Å². The molecule has 3 heterocycles. The van der Waals surface area contributed by atoms with Gasteiger partial charge in [0.2, 0.25) is 0 Å². The van der Waals surface area contributed by atoms with Crippen LogP contribution in [-0.4, -0.2) is 62.0 Å². The summed E-state index contributed by atoms with van der Waals surface area (Å²) in [6, 6.07) is 10.7. The average molecular weight is 378 g/mol. The Kier molecular flexibility index (Phi) is 4.85. The van der Waals surface area contributed by atoms with Crippen molar-refractivity contribution in [1.29, 1.82) is 0 Å². The SMILES string of the molecule is CC(C)c1cc(C(=O)N(C)CC2Cc3ccccc3CN2C)nc2ncnn12. The van der Waals surface area contributed by atoms with Gasteiger partial charge >= 0.3 is 0 Å². The number of fused-ring (bicyclic) bond motifs is 2. The van der Waals surface area contributed by atoms with E-state index in [9.17, 15) is 4.79 Å². The summed E-state index contributed by atoms with van der Waals surface area (Å²) in [5.41, 5.74) is 4.10. The summed E-state index contributed by atoms with van der Waals surface area (Å²) in [4.78, 5) is 25.8. The lowest BCUT2D eigenvalue weighted by molar-refractivity contribution is 0.0727. The van der Waals surface area contributed by atoms with Gasteiger partial charge in [-0.25, -0.2) is 9.50 Å². The van der Waals surface area contributed by atoms with Crippen molar-refractivity contribution < 1.29 is 4.79 Å². The third-order valence-electron chi connectivity index (χ3n) is 5.54. The van der Waals surface area contributed by atoms with Gasteiger partial charge in [-0.05, 0) is 36.6 Å². The summed E-state index contributed by atoms with van der Waals surface area (Å²) in [6.45, 7) is 5.70. The highest BCUT2D eigenvalue weighted by molar-refractivity contribution is 5.92. The van der Waals surface area contributed by atoms with Gasteiger partial charge < -0.3 is 4.90 Å². The van der Waals surface area contributed by atoms with E-state index in [0.717, 1.165) is 18.7 Å². The number of carbonyl (C=O) groups is 1. The molecule has 28 heavy (non-hydrogen) atoms. The van der Waals surface area contributed by atoms with Crippen molar-refractivity contribution in [1.82, 2.24) is 29.4 Å². The number of carbonyl (C=O) groups excluding carboxylic acids is 1. The number of benzene rings is 1. The van der Waals surface area contributed by atoms with Crippen LogP contribution in [0, 0.1) is 0 Å². The first-order valence-electron chi connectivity index (χ1n) is 9.67. The van der Waals surface area contributed by atoms with E-state index in [1.165, 1.54) is 17.5 Å². The second-order valence-electron chi connectivity index (χ2n) is 7.92. The van der Waals surface area contributed by atoms with Gasteiger partial charge in [-0.3, -0.25) is 9.69 Å². The Labute approximate surface area is 165 Å². The topological polar surface area (TPSA) is 66.6 Å². The zero-order valence-corrected chi connectivity index (χ0v) is 16.8. The Balaban J connectivity index is 1.55. The number of nitrogens with zero attached hydrogens (tertiary/aromatic N) is 6. The maximum atomic E-state index is 13.1. The molecule has 7 heteroatoms. The number of hydrogen-bond donors (Lipinski definition) is 0. The maximum Gasteiger partial charge on any atom is 0.272 e. The lowest BCUT2D eigenvalue weighted by Crippen LogP contribution is -2.46. The summed E-state index contributed by atoms with van der Waals surface area (Å²) in [7, 11) is 3.97. The predicted molar refractivity (Wildman–Crippen MR) is 107 cm³/mol. The van der Waals surface area contributed by atoms with Crippen LogP contribution in [-0.2, 0) is 13.0 Å². The third kappa shape index (κ3) is 3.38. The van der Waals surface area contributed by atoms with Crippen LogP contribution >= 0.6 is 0 Å². The summed E-state index contributed by atoms with van der Waals surface area (Å²) >= 11 is 0. The van der Waals surface area contributed by atoms with Crippen molar-refractivity contribution in [2.24, 2.45) is 0 Å². The number of amides is 1. The Morgan fingerprint density at radius 2 is 2.04 bits per heavy atom. The van der Waals surface area contributed by atoms with Gasteiger partial charge in [-0.2, -0.15) is 10.1 Å². The van der Waals surface area contributed by atoms with E-state index in [1.807, 2.05) is 13.1 Å². The third-order valence-corrected chi connectivity index (χ3v) is 5.54. The average Bonchev–Trinajstić information content (AvgIpc) is 3.15. The van der Waals surface area contributed by atoms with Gasteiger partial charge in [0.25, 0.3) is 11.7 Å². The zero-order valence-electron chi connectivity index (χ0n) is 16.8. The summed E-state index contributed by atoms with van der Waals surface area (Å²) in [6.07, 6.45) is 2.42. The summed E-state index contributed by atoms with van der Waals surface area (Å²) in [5, 5.41) is 4.22. The van der Waals surface area contributed by atoms with E-state index in [0.29, 0.717) is 18.0 Å². The minimum Gasteiger partial charge on any atom is -0.339 e. The lowest BCUT2D eigenvalue weighted by atomic mass is 9.94. The fraction of sp³-hybridized carbons (Fsp3) is 0.429. The monoisotopic (exact) mass is 378 g/mol. The fourth-order valence-corrected chi connectivity index (χ4v) is 3.87. The number of hydrogen-bond acceptors (Lipinski definition) is 5. The molecular formula is C21H26N6O. The minimum absolute atomic E-state index is 0.0836. The van der Waals surface area contributed by atoms with Crippen molar-refractivity contribution in [2.45, 2.75) is 38.8 Å². The molecule has 1 aliphatic heterocycles. The first kappa shape index (κ1) is 18.6. The lowest BCUT2D eigenvalue weighted by Gasteiger charge is -2.36. The van der Waals surface area contributed by atoms with Crippen LogP contribution in [0.25, 0.3) is 5.78 Å². The van der Waals surface area contributed by atoms with Crippen LogP contribution in [0.2, 0.25) is 0 Å². The maximum absolute atomic E-state index is 13.1. The molecule has 1 atom stereocenters. The quantitative estimate of drug-likeness (QED) is 0.697. The zero-order chi connectivity index (χ0) is 19.8. The van der Waals surface area contributed by atoms with Crippen LogP contribution in [0.3, 0.4) is 0 Å². The second kappa shape index (κ2) is 7.31. The molecule has 1 amide bonds. The highest BCUT2D eigenvalue weighted by atomic mass is 16.2. The van der Waals surface area contributed by atoms with Crippen molar-refractivity contribution >= 4 is 11.7 Å². The highest BCUT2D eigenvalue weighted by Crippen LogP contribution is 2.23. The minimum atomic E-state index is -0.0836. The van der Waals surface area contributed by atoms with Crippen LogP contribution < -0.4 is 0 Å². The predicted octanol–water partition coefficient (Wildman–Crippen LogP) is 2.38. The molecule has 4 rings (SSSR count). The molecule has 7 nitrogen and oxygen atoms in total. The first-order chi connectivity index (χ1) is 13.4. The molecular weight excluding hydrogens is 352 g/mol. The molecule has 146 valence electrons. The Morgan fingerprint density at radius 1 is 1.29 bits per heavy atom. The first-order valence-corrected chi connectivity index (χ1v) is 9.67. The highest BCUT2D eigenvalue weighted by Gasteiger charge is 2.27. The smallest absolute Gasteiger partial charge is 0.272 e. The number of likely N-dealkylation sites (N-methyl/N-ethyl adjacent to an activating group) is 2. The second-order valence-corrected chi connectivity index (χ2v) is 7.92. The van der Waals surface area contributed by atoms with Gasteiger partial charge in [-0.15, -0.1) is 0 Å². The van der Waals surface area contributed by atoms with E-state index in [2.05, 4.69) is 65.1 Å². The standard InChI is InChI=1S/C21H26N6O/c1-14(2)19-10-18(24-21-22-13-23-27(19)21)20(28)26(4)12-17-9-15-7-5-6-8-16(15)11-25(17)3/h5-8,10,13-14,17H,9,11-12H2,1-4H3. The fourth-order valence-electron chi connectivity index (χ4n) is 3.87. The normalized spacial score (nSPS) is 17.1. The van der Waals surface area contributed by atoms with Crippen molar-refractivity contribution in [3.05, 3.63) is 59.2 Å². The van der Waals surface area contributed by atoms with Crippen LogP contribution in [0.4, 0.5) is 0 Å². The molecule has 0 spiro atoms. The summed E-state index contributed by atoms with van der Waals surface area (Å²) < 4.78 is 1.70. The van der Waals surface area contributed by atoms with Crippen LogP contribution in [0.1, 0.15) is 47.1 Å². The van der Waals surface area contributed by atoms with E-state index in [1.54, 1.807) is 9.42 Å². The van der Waals surface area contributed by atoms with Crippen molar-refractivity contribution in [3.63, 3.8) is 0 Å². The van der Waals surface area contributed by atoms with Crippen molar-refractivity contribution in [2.75, 3.05) is 20.6 Å². The number of rotatable bonds is 4. The molecule has 0 N–H and O–H groups in total. The molecule has 3 aromatic rings. The Hall–Kier alpha value is -2.80. The largest absolute Gasteiger partial charge is 0.339 e. The molecule has 0 aliphatic carbocycles. The van der Waals surface area contributed by atoms with E-state index < -0.39 is 0 Å². The molecule has 0 bridgehead atoms. The molecule has 1 aliphatic rings. The van der Waals surface area contributed by atoms with E-state index >= 15 is 0 Å². The van der Waals surface area contributed by atoms with E-state index in [-0.39, 0.29) is 17.9 Å². The van der Waals surface area contributed by atoms with E-state index in [4.69, 9.17) is 0 Å². The van der Waals surface area contributed by atoms with Gasteiger partial charge in [0.15, 0.2) is 0 Å². The molecule has 2 aromatic heterocycles. The number of aromatic nitrogens is 4. The van der Waals surface area contributed by atoms with Crippen LogP contribution in [0.5, 0.6) is 0 Å². The van der Waals surface area contributed by atoms with Gasteiger partial charge in [0, 0.05) is 26.2 Å². The molecule has 0 saturated carbocycles. The molecule has 1 unspecified atom stereocenters. The Bertz CT molecular complexity index is 1010. The molecule has 0 radical (unpaired) electrons. The summed E-state index contributed by atoms with van der Waals surface area (Å²) in [5.74, 6) is 0.594. The van der Waals surface area contributed by atoms with Crippen molar-refractivity contribution in [3.8, 4) is 0 Å². The Morgan fingerprint density at radius 3 is 2.79 bits per heavy atom. The van der Waals surface area contributed by atoms with Crippen LogP contribution in [0.15, 0.2) is 36.7 Å². The molecule has 1 aromatic carbocycles. The molecule has 0 saturated heterocycles.